The summed E-state index contributed by atoms with van der Waals surface area (Å²) in [6, 6.07) is 22.5. The van der Waals surface area contributed by atoms with Crippen LogP contribution in [0.25, 0.3) is 10.8 Å². The molecule has 1 unspecified atom stereocenters. The Morgan fingerprint density at radius 1 is 1.00 bits per heavy atom. The second kappa shape index (κ2) is 8.45. The van der Waals surface area contributed by atoms with Gasteiger partial charge in [-0.3, -0.25) is 19.3 Å². The Kier molecular flexibility index (Phi) is 5.24. The fourth-order valence-electron chi connectivity index (χ4n) is 4.62. The van der Waals surface area contributed by atoms with Crippen molar-refractivity contribution in [2.45, 2.75) is 12.5 Å². The molecular weight excluding hydrogens is 482 g/mol. The van der Waals surface area contributed by atoms with E-state index in [1.807, 2.05) is 47.8 Å². The van der Waals surface area contributed by atoms with Crippen LogP contribution in [0.2, 0.25) is 5.02 Å². The Labute approximate surface area is 210 Å². The molecule has 6 nitrogen and oxygen atoms in total. The molecule has 0 fully saturated rings. The highest BCUT2D eigenvalue weighted by molar-refractivity contribution is 7.10. The minimum absolute atomic E-state index is 0.215. The summed E-state index contributed by atoms with van der Waals surface area (Å²) in [6.07, 6.45) is 0.559. The van der Waals surface area contributed by atoms with Gasteiger partial charge in [0.1, 0.15) is 6.54 Å². The van der Waals surface area contributed by atoms with E-state index in [0.717, 1.165) is 26.9 Å². The molecular formula is C27H18ClN3O3S. The summed E-state index contributed by atoms with van der Waals surface area (Å²) in [6.45, 7) is -0.282. The van der Waals surface area contributed by atoms with Gasteiger partial charge in [-0.05, 0) is 52.0 Å². The predicted octanol–water partition coefficient (Wildman–Crippen LogP) is 5.46. The number of ketones is 1. The molecule has 2 aliphatic heterocycles. The molecule has 8 heteroatoms. The maximum absolute atomic E-state index is 13.5. The van der Waals surface area contributed by atoms with E-state index in [0.29, 0.717) is 17.1 Å². The topological polar surface area (TPSA) is 70.1 Å². The number of fused-ring (bicyclic) bond motifs is 2. The third-order valence-electron chi connectivity index (χ3n) is 6.35. The lowest BCUT2D eigenvalue weighted by atomic mass is 10.00. The van der Waals surface area contributed by atoms with E-state index >= 15 is 0 Å². The van der Waals surface area contributed by atoms with Crippen molar-refractivity contribution in [3.63, 3.8) is 0 Å². The van der Waals surface area contributed by atoms with Crippen molar-refractivity contribution < 1.29 is 14.4 Å². The SMILES string of the molecule is O=C1C(=O)N(CC(=O)N2N=C(c3ccc4ccccc4c3)CC2c2cccs2)c2ccc(Cl)cc21. The number of Topliss-reactive ketones (excluding diaryl/α,β-unsaturated/α-hetero) is 1. The van der Waals surface area contributed by atoms with Gasteiger partial charge >= 0.3 is 0 Å². The summed E-state index contributed by atoms with van der Waals surface area (Å²) >= 11 is 7.56. The van der Waals surface area contributed by atoms with E-state index < -0.39 is 11.7 Å². The molecule has 0 N–H and O–H groups in total. The maximum atomic E-state index is 13.5. The van der Waals surface area contributed by atoms with Crippen LogP contribution in [0.3, 0.4) is 0 Å². The van der Waals surface area contributed by atoms with Crippen molar-refractivity contribution in [3.05, 3.63) is 99.2 Å². The number of benzene rings is 3. The molecule has 2 amide bonds. The summed E-state index contributed by atoms with van der Waals surface area (Å²) in [5.41, 5.74) is 2.36. The molecule has 172 valence electrons. The van der Waals surface area contributed by atoms with Crippen molar-refractivity contribution >= 4 is 62.7 Å². The average molecular weight is 500 g/mol. The highest BCUT2D eigenvalue weighted by Gasteiger charge is 2.40. The molecule has 0 radical (unpaired) electrons. The van der Waals surface area contributed by atoms with E-state index in [1.54, 1.807) is 23.5 Å². The monoisotopic (exact) mass is 499 g/mol. The number of hydrogen-bond acceptors (Lipinski definition) is 5. The molecule has 3 heterocycles. The van der Waals surface area contributed by atoms with Gasteiger partial charge in [0.2, 0.25) is 0 Å². The first kappa shape index (κ1) is 21.7. The lowest BCUT2D eigenvalue weighted by molar-refractivity contribution is -0.132. The van der Waals surface area contributed by atoms with Crippen molar-refractivity contribution in [2.24, 2.45) is 5.10 Å². The van der Waals surface area contributed by atoms with E-state index in [2.05, 4.69) is 12.1 Å². The average Bonchev–Trinajstić information content (AvgIpc) is 3.60. The predicted molar refractivity (Wildman–Crippen MR) is 137 cm³/mol. The number of carbonyl (C=O) groups excluding carboxylic acids is 3. The van der Waals surface area contributed by atoms with Crippen LogP contribution in [0, 0.1) is 0 Å². The normalized spacial score (nSPS) is 17.3. The minimum atomic E-state index is -0.735. The molecule has 2 aliphatic rings. The highest BCUT2D eigenvalue weighted by atomic mass is 35.5. The lowest BCUT2D eigenvalue weighted by Crippen LogP contribution is -2.40. The van der Waals surface area contributed by atoms with Crippen LogP contribution in [0.15, 0.2) is 83.3 Å². The number of halogens is 1. The van der Waals surface area contributed by atoms with Gasteiger partial charge < -0.3 is 0 Å². The Morgan fingerprint density at radius 3 is 2.63 bits per heavy atom. The molecule has 0 spiro atoms. The molecule has 0 saturated carbocycles. The fraction of sp³-hybridized carbons (Fsp3) is 0.111. The highest BCUT2D eigenvalue weighted by Crippen LogP contribution is 2.37. The maximum Gasteiger partial charge on any atom is 0.299 e. The molecule has 1 atom stereocenters. The number of hydrazone groups is 1. The van der Waals surface area contributed by atoms with Gasteiger partial charge in [-0.2, -0.15) is 5.10 Å². The second-order valence-electron chi connectivity index (χ2n) is 8.46. The zero-order valence-corrected chi connectivity index (χ0v) is 19.9. The van der Waals surface area contributed by atoms with E-state index in [1.165, 1.54) is 16.0 Å². The molecule has 1 aromatic heterocycles. The van der Waals surface area contributed by atoms with E-state index in [-0.39, 0.29) is 24.1 Å². The number of carbonyl (C=O) groups is 3. The smallest absolute Gasteiger partial charge is 0.295 e. The quantitative estimate of drug-likeness (QED) is 0.350. The van der Waals surface area contributed by atoms with Gasteiger partial charge in [0, 0.05) is 16.3 Å². The van der Waals surface area contributed by atoms with E-state index in [4.69, 9.17) is 16.7 Å². The summed E-state index contributed by atoms with van der Waals surface area (Å²) < 4.78 is 0. The standard InChI is InChI=1S/C27H18ClN3O3S/c28-19-9-10-22-20(13-19)26(33)27(34)30(22)15-25(32)31-23(24-6-3-11-35-24)14-21(29-31)18-8-7-16-4-1-2-5-17(16)12-18/h1-13,23H,14-15H2. The number of amides is 2. The summed E-state index contributed by atoms with van der Waals surface area (Å²) in [5.74, 6) is -1.75. The second-order valence-corrected chi connectivity index (χ2v) is 9.88. The summed E-state index contributed by atoms with van der Waals surface area (Å²) in [7, 11) is 0. The van der Waals surface area contributed by atoms with Crippen LogP contribution in [0.5, 0.6) is 0 Å². The van der Waals surface area contributed by atoms with Crippen LogP contribution in [-0.4, -0.2) is 34.9 Å². The van der Waals surface area contributed by atoms with Crippen molar-refractivity contribution in [1.82, 2.24) is 5.01 Å². The largest absolute Gasteiger partial charge is 0.299 e. The molecule has 0 bridgehead atoms. The van der Waals surface area contributed by atoms with Gasteiger partial charge in [0.25, 0.3) is 17.6 Å². The number of nitrogens with zero attached hydrogens (tertiary/aromatic N) is 3. The van der Waals surface area contributed by atoms with E-state index in [9.17, 15) is 14.4 Å². The Morgan fingerprint density at radius 2 is 1.83 bits per heavy atom. The summed E-state index contributed by atoms with van der Waals surface area (Å²) in [4.78, 5) is 40.9. The Balaban J connectivity index is 1.34. The van der Waals surface area contributed by atoms with Crippen LogP contribution in [0.4, 0.5) is 5.69 Å². The molecule has 6 rings (SSSR count). The van der Waals surface area contributed by atoms with Gasteiger partial charge in [-0.25, -0.2) is 5.01 Å². The lowest BCUT2D eigenvalue weighted by Gasteiger charge is -2.23. The number of thiophene rings is 1. The fourth-order valence-corrected chi connectivity index (χ4v) is 5.61. The van der Waals surface area contributed by atoms with Crippen LogP contribution >= 0.6 is 22.9 Å². The van der Waals surface area contributed by atoms with Crippen molar-refractivity contribution in [1.29, 1.82) is 0 Å². The van der Waals surface area contributed by atoms with Crippen molar-refractivity contribution in [3.8, 4) is 0 Å². The number of hydrogen-bond donors (Lipinski definition) is 0. The first-order valence-corrected chi connectivity index (χ1v) is 12.3. The van der Waals surface area contributed by atoms with Crippen LogP contribution in [-0.2, 0) is 9.59 Å². The first-order valence-electron chi connectivity index (χ1n) is 11.1. The summed E-state index contributed by atoms with van der Waals surface area (Å²) in [5, 5.41) is 10.7. The zero-order valence-electron chi connectivity index (χ0n) is 18.3. The minimum Gasteiger partial charge on any atom is -0.295 e. The van der Waals surface area contributed by atoms with Gasteiger partial charge in [-0.1, -0.05) is 54.1 Å². The third-order valence-corrected chi connectivity index (χ3v) is 7.56. The Hall–Kier alpha value is -3.81. The Bertz CT molecular complexity index is 1550. The third kappa shape index (κ3) is 3.73. The van der Waals surface area contributed by atoms with Gasteiger partial charge in [0.05, 0.1) is 23.0 Å². The molecule has 0 aliphatic carbocycles. The van der Waals surface area contributed by atoms with Crippen LogP contribution in [0.1, 0.15) is 33.3 Å². The van der Waals surface area contributed by atoms with Gasteiger partial charge in [0.15, 0.2) is 0 Å². The van der Waals surface area contributed by atoms with Crippen LogP contribution < -0.4 is 4.90 Å². The van der Waals surface area contributed by atoms with Crippen molar-refractivity contribution in [2.75, 3.05) is 11.4 Å². The molecule has 4 aromatic rings. The number of rotatable bonds is 4. The first-order chi connectivity index (χ1) is 17.0. The molecule has 3 aromatic carbocycles. The van der Waals surface area contributed by atoms with Gasteiger partial charge in [-0.15, -0.1) is 11.3 Å². The molecule has 35 heavy (non-hydrogen) atoms. The number of anilines is 1. The molecule has 0 saturated heterocycles. The zero-order chi connectivity index (χ0) is 24.1.